The molecule has 1 saturated heterocycles. The van der Waals surface area contributed by atoms with Crippen LogP contribution in [0.5, 0.6) is 11.5 Å². The number of fused-ring (bicyclic) bond motifs is 1. The van der Waals surface area contributed by atoms with Gasteiger partial charge < -0.3 is 29.0 Å². The Morgan fingerprint density at radius 2 is 1.77 bits per heavy atom. The molecule has 1 aromatic carbocycles. The lowest BCUT2D eigenvalue weighted by molar-refractivity contribution is -0.116. The molecule has 0 atom stereocenters. The predicted octanol–water partition coefficient (Wildman–Crippen LogP) is 0.706. The van der Waals surface area contributed by atoms with Crippen LogP contribution < -0.4 is 30.9 Å². The number of amides is 1. The summed E-state index contributed by atoms with van der Waals surface area (Å²) in [5, 5.41) is 2.79. The zero-order valence-electron chi connectivity index (χ0n) is 20.4. The maximum Gasteiger partial charge on any atom is 0.332 e. The van der Waals surface area contributed by atoms with E-state index in [0.717, 1.165) is 10.3 Å². The van der Waals surface area contributed by atoms with E-state index in [1.807, 2.05) is 19.9 Å². The molecule has 0 saturated carbocycles. The summed E-state index contributed by atoms with van der Waals surface area (Å²) in [5.41, 5.74) is 0.536. The summed E-state index contributed by atoms with van der Waals surface area (Å²) in [7, 11) is 3.17. The number of carbonyl (C=O) groups excluding carboxylic acids is 1. The van der Waals surface area contributed by atoms with Crippen molar-refractivity contribution < 1.29 is 19.0 Å². The summed E-state index contributed by atoms with van der Waals surface area (Å²) in [5.74, 6) is 0.513. The summed E-state index contributed by atoms with van der Waals surface area (Å²) < 4.78 is 20.8. The predicted molar refractivity (Wildman–Crippen MR) is 131 cm³/mol. The van der Waals surface area contributed by atoms with Gasteiger partial charge in [0, 0.05) is 39.3 Å². The molecule has 188 valence electrons. The minimum atomic E-state index is -0.626. The standard InChI is InChI=1S/C23H30N6O6/c1-5-34-17-12-16(28-7-9-33-10-8-28)18(35-6-2)11-15(17)25-19(30)13-29-22(31)20-21(24-14-26(20)3)27(4)23(29)32/h11-12,14H,5-10,13H2,1-4H3,(H,25,30). The van der Waals surface area contributed by atoms with Gasteiger partial charge in [-0.2, -0.15) is 0 Å². The molecule has 12 heteroatoms. The molecule has 1 amide bonds. The first-order chi connectivity index (χ1) is 16.8. The van der Waals surface area contributed by atoms with E-state index in [1.165, 1.54) is 22.5 Å². The molecule has 0 spiro atoms. The zero-order valence-corrected chi connectivity index (χ0v) is 20.4. The van der Waals surface area contributed by atoms with Crippen LogP contribution in [0.25, 0.3) is 11.2 Å². The third-order valence-electron chi connectivity index (χ3n) is 5.79. The fraction of sp³-hybridized carbons (Fsp3) is 0.478. The van der Waals surface area contributed by atoms with Crippen LogP contribution in [0.3, 0.4) is 0 Å². The van der Waals surface area contributed by atoms with E-state index in [0.29, 0.717) is 56.7 Å². The second-order valence-electron chi connectivity index (χ2n) is 8.09. The number of nitrogens with one attached hydrogen (secondary N) is 1. The van der Waals surface area contributed by atoms with E-state index >= 15 is 0 Å². The molecule has 0 radical (unpaired) electrons. The van der Waals surface area contributed by atoms with Gasteiger partial charge in [-0.05, 0) is 13.8 Å². The van der Waals surface area contributed by atoms with Crippen molar-refractivity contribution in [2.24, 2.45) is 14.1 Å². The van der Waals surface area contributed by atoms with Crippen molar-refractivity contribution in [2.75, 3.05) is 49.7 Å². The second kappa shape index (κ2) is 10.2. The Labute approximate surface area is 201 Å². The number of nitrogens with zero attached hydrogens (tertiary/aromatic N) is 5. The Bertz CT molecular complexity index is 1350. The molecule has 2 aromatic heterocycles. The third kappa shape index (κ3) is 4.74. The fourth-order valence-electron chi connectivity index (χ4n) is 4.11. The van der Waals surface area contributed by atoms with Crippen LogP contribution in [-0.2, 0) is 30.2 Å². The number of ether oxygens (including phenoxy) is 3. The summed E-state index contributed by atoms with van der Waals surface area (Å²) in [4.78, 5) is 45.0. The normalized spacial score (nSPS) is 13.8. The van der Waals surface area contributed by atoms with Gasteiger partial charge in [-0.3, -0.25) is 14.2 Å². The number of rotatable bonds is 8. The monoisotopic (exact) mass is 486 g/mol. The van der Waals surface area contributed by atoms with E-state index in [2.05, 4.69) is 15.2 Å². The SMILES string of the molecule is CCOc1cc(N2CCOCC2)c(OCC)cc1NC(=O)Cn1c(=O)c2c(ncn2C)n(C)c1=O. The number of anilines is 2. The highest BCUT2D eigenvalue weighted by Crippen LogP contribution is 2.39. The van der Waals surface area contributed by atoms with Crippen molar-refractivity contribution in [2.45, 2.75) is 20.4 Å². The highest BCUT2D eigenvalue weighted by molar-refractivity contribution is 5.93. The molecule has 35 heavy (non-hydrogen) atoms. The first-order valence-electron chi connectivity index (χ1n) is 11.5. The van der Waals surface area contributed by atoms with Gasteiger partial charge >= 0.3 is 5.69 Å². The molecule has 0 aliphatic carbocycles. The van der Waals surface area contributed by atoms with Crippen molar-refractivity contribution in [1.82, 2.24) is 18.7 Å². The van der Waals surface area contributed by atoms with Crippen molar-refractivity contribution in [1.29, 1.82) is 0 Å². The molecule has 1 aliphatic heterocycles. The van der Waals surface area contributed by atoms with E-state index in [9.17, 15) is 14.4 Å². The number of benzene rings is 1. The van der Waals surface area contributed by atoms with Crippen LogP contribution in [-0.4, -0.2) is 64.1 Å². The van der Waals surface area contributed by atoms with Crippen molar-refractivity contribution in [3.05, 3.63) is 39.3 Å². The van der Waals surface area contributed by atoms with Crippen molar-refractivity contribution in [3.8, 4) is 11.5 Å². The number of hydrogen-bond acceptors (Lipinski definition) is 8. The number of aryl methyl sites for hydroxylation is 2. The number of morpholine rings is 1. The lowest BCUT2D eigenvalue weighted by atomic mass is 10.2. The molecular formula is C23H30N6O6. The summed E-state index contributed by atoms with van der Waals surface area (Å²) >= 11 is 0. The Balaban J connectivity index is 1.67. The van der Waals surface area contributed by atoms with Crippen LogP contribution in [0, 0.1) is 0 Å². The lowest BCUT2D eigenvalue weighted by Crippen LogP contribution is -2.42. The molecule has 0 unspecified atom stereocenters. The van der Waals surface area contributed by atoms with Gasteiger partial charge in [0.2, 0.25) is 5.91 Å². The number of imidazole rings is 1. The van der Waals surface area contributed by atoms with Crippen molar-refractivity contribution in [3.63, 3.8) is 0 Å². The molecule has 1 fully saturated rings. The topological polar surface area (TPSA) is 122 Å². The Morgan fingerprint density at radius 3 is 2.46 bits per heavy atom. The van der Waals surface area contributed by atoms with E-state index < -0.39 is 23.7 Å². The Morgan fingerprint density at radius 1 is 1.09 bits per heavy atom. The Kier molecular flexibility index (Phi) is 7.10. The average Bonchev–Trinajstić information content (AvgIpc) is 3.24. The van der Waals surface area contributed by atoms with Crippen LogP contribution in [0.4, 0.5) is 11.4 Å². The van der Waals surface area contributed by atoms with E-state index in [-0.39, 0.29) is 11.2 Å². The molecule has 12 nitrogen and oxygen atoms in total. The maximum atomic E-state index is 13.0. The van der Waals surface area contributed by atoms with Gasteiger partial charge in [0.25, 0.3) is 5.56 Å². The number of hydrogen-bond donors (Lipinski definition) is 1. The summed E-state index contributed by atoms with van der Waals surface area (Å²) in [6.07, 6.45) is 1.45. The largest absolute Gasteiger partial charge is 0.492 e. The molecule has 0 bridgehead atoms. The van der Waals surface area contributed by atoms with Crippen LogP contribution in [0.2, 0.25) is 0 Å². The van der Waals surface area contributed by atoms with Crippen LogP contribution >= 0.6 is 0 Å². The van der Waals surface area contributed by atoms with Crippen LogP contribution in [0.15, 0.2) is 28.0 Å². The van der Waals surface area contributed by atoms with E-state index in [4.69, 9.17) is 14.2 Å². The van der Waals surface area contributed by atoms with Gasteiger partial charge in [0.05, 0.1) is 44.1 Å². The highest BCUT2D eigenvalue weighted by atomic mass is 16.5. The minimum absolute atomic E-state index is 0.239. The number of aromatic nitrogens is 4. The fourth-order valence-corrected chi connectivity index (χ4v) is 4.11. The van der Waals surface area contributed by atoms with Crippen molar-refractivity contribution >= 4 is 28.4 Å². The second-order valence-corrected chi connectivity index (χ2v) is 8.09. The minimum Gasteiger partial charge on any atom is -0.492 e. The Hall–Kier alpha value is -3.80. The summed E-state index contributed by atoms with van der Waals surface area (Å²) in [6.45, 7) is 6.73. The molecule has 3 aromatic rings. The van der Waals surface area contributed by atoms with Crippen LogP contribution in [0.1, 0.15) is 13.8 Å². The molecule has 1 aliphatic rings. The quantitative estimate of drug-likeness (QED) is 0.494. The third-order valence-corrected chi connectivity index (χ3v) is 5.79. The lowest BCUT2D eigenvalue weighted by Gasteiger charge is -2.31. The van der Waals surface area contributed by atoms with Gasteiger partial charge in [-0.25, -0.2) is 14.3 Å². The van der Waals surface area contributed by atoms with Gasteiger partial charge in [-0.15, -0.1) is 0 Å². The van der Waals surface area contributed by atoms with Gasteiger partial charge in [0.15, 0.2) is 11.2 Å². The highest BCUT2D eigenvalue weighted by Gasteiger charge is 2.22. The smallest absolute Gasteiger partial charge is 0.332 e. The number of carbonyl (C=O) groups is 1. The molecule has 3 heterocycles. The maximum absolute atomic E-state index is 13.0. The molecule has 1 N–H and O–H groups in total. The first-order valence-corrected chi connectivity index (χ1v) is 11.5. The van der Waals surface area contributed by atoms with Gasteiger partial charge in [-0.1, -0.05) is 0 Å². The van der Waals surface area contributed by atoms with Gasteiger partial charge in [0.1, 0.15) is 18.0 Å². The average molecular weight is 487 g/mol. The molecule has 4 rings (SSSR count). The first kappa shape index (κ1) is 24.3. The zero-order chi connectivity index (χ0) is 25.1. The summed E-state index contributed by atoms with van der Waals surface area (Å²) in [6, 6.07) is 3.55. The molecular weight excluding hydrogens is 456 g/mol. The van der Waals surface area contributed by atoms with E-state index in [1.54, 1.807) is 13.1 Å².